The third-order valence-corrected chi connectivity index (χ3v) is 7.13. The second-order valence-corrected chi connectivity index (χ2v) is 9.02. The van der Waals surface area contributed by atoms with Gasteiger partial charge in [0.1, 0.15) is 0 Å². The molecule has 0 amide bonds. The van der Waals surface area contributed by atoms with Gasteiger partial charge in [0.25, 0.3) is 0 Å². The maximum atomic E-state index is 13.0. The summed E-state index contributed by atoms with van der Waals surface area (Å²) in [6, 6.07) is 15.0. The molecule has 6 nitrogen and oxygen atoms in total. The van der Waals surface area contributed by atoms with Gasteiger partial charge in [0, 0.05) is 11.0 Å². The van der Waals surface area contributed by atoms with Crippen LogP contribution in [0.15, 0.2) is 64.1 Å². The van der Waals surface area contributed by atoms with Crippen molar-refractivity contribution >= 4 is 26.0 Å². The molecule has 0 unspecified atom stereocenters. The van der Waals surface area contributed by atoms with Crippen LogP contribution >= 0.6 is 15.9 Å². The maximum Gasteiger partial charge on any atom is 0.244 e. The molecule has 27 heavy (non-hydrogen) atoms. The van der Waals surface area contributed by atoms with Crippen molar-refractivity contribution in [3.8, 4) is 0 Å². The summed E-state index contributed by atoms with van der Waals surface area (Å²) in [7, 11) is -3.62. The monoisotopic (exact) mass is 448 g/mol. The van der Waals surface area contributed by atoms with Crippen molar-refractivity contribution in [3.63, 3.8) is 0 Å². The van der Waals surface area contributed by atoms with Crippen molar-refractivity contribution in [2.45, 2.75) is 31.8 Å². The summed E-state index contributed by atoms with van der Waals surface area (Å²) in [5.41, 5.74) is 2.93. The number of benzene rings is 2. The fraction of sp³-hybridized carbons (Fsp3) is 0.263. The van der Waals surface area contributed by atoms with Crippen LogP contribution in [0, 0.1) is 6.92 Å². The minimum Gasteiger partial charge on any atom is -0.248 e. The van der Waals surface area contributed by atoms with Crippen LogP contribution in [-0.2, 0) is 23.1 Å². The van der Waals surface area contributed by atoms with Gasteiger partial charge in [-0.3, -0.25) is 0 Å². The third-order valence-electron chi connectivity index (χ3n) is 4.20. The van der Waals surface area contributed by atoms with E-state index in [0.717, 1.165) is 5.56 Å². The molecule has 0 atom stereocenters. The molecule has 3 aromatic rings. The lowest BCUT2D eigenvalue weighted by Crippen LogP contribution is -2.30. The zero-order valence-corrected chi connectivity index (χ0v) is 17.6. The molecule has 3 rings (SSSR count). The number of aryl methyl sites for hydroxylation is 1. The first-order valence-electron chi connectivity index (χ1n) is 8.59. The highest BCUT2D eigenvalue weighted by molar-refractivity contribution is 9.10. The number of nitrogens with zero attached hydrogens (tertiary/aromatic N) is 4. The van der Waals surface area contributed by atoms with Gasteiger partial charge in [-0.25, -0.2) is 13.1 Å². The fourth-order valence-electron chi connectivity index (χ4n) is 2.71. The maximum absolute atomic E-state index is 13.0. The van der Waals surface area contributed by atoms with Gasteiger partial charge in [0.2, 0.25) is 10.0 Å². The Morgan fingerprint density at radius 1 is 1.11 bits per heavy atom. The third kappa shape index (κ3) is 4.63. The van der Waals surface area contributed by atoms with Crippen LogP contribution in [0.1, 0.15) is 23.7 Å². The quantitative estimate of drug-likeness (QED) is 0.553. The van der Waals surface area contributed by atoms with Gasteiger partial charge in [-0.2, -0.15) is 4.31 Å². The highest BCUT2D eigenvalue weighted by Crippen LogP contribution is 2.25. The zero-order chi connectivity index (χ0) is 19.4. The van der Waals surface area contributed by atoms with E-state index in [1.165, 1.54) is 9.87 Å². The number of hydrogen-bond acceptors (Lipinski definition) is 4. The fourth-order valence-corrected chi connectivity index (χ4v) is 5.09. The molecule has 0 N–H and O–H groups in total. The minimum atomic E-state index is -3.62. The zero-order valence-electron chi connectivity index (χ0n) is 15.2. The molecular formula is C19H21BrN4O2S. The Hall–Kier alpha value is -2.03. The molecule has 8 heteroatoms. The smallest absolute Gasteiger partial charge is 0.244 e. The summed E-state index contributed by atoms with van der Waals surface area (Å²) in [4.78, 5) is 0.249. The van der Waals surface area contributed by atoms with Crippen LogP contribution in [0.4, 0.5) is 0 Å². The number of aromatic nitrogens is 3. The molecule has 142 valence electrons. The van der Waals surface area contributed by atoms with Crippen molar-refractivity contribution < 1.29 is 8.42 Å². The molecule has 0 aliphatic heterocycles. The van der Waals surface area contributed by atoms with E-state index in [-0.39, 0.29) is 11.4 Å². The molecule has 0 bridgehead atoms. The number of sulfonamides is 1. The molecule has 0 aliphatic carbocycles. The van der Waals surface area contributed by atoms with Gasteiger partial charge < -0.3 is 0 Å². The predicted molar refractivity (Wildman–Crippen MR) is 108 cm³/mol. The highest BCUT2D eigenvalue weighted by Gasteiger charge is 2.26. The summed E-state index contributed by atoms with van der Waals surface area (Å²) in [6.45, 7) is 4.96. The lowest BCUT2D eigenvalue weighted by Gasteiger charge is -2.20. The number of halogens is 1. The molecular weight excluding hydrogens is 428 g/mol. The van der Waals surface area contributed by atoms with Gasteiger partial charge in [-0.1, -0.05) is 54.1 Å². The normalized spacial score (nSPS) is 11.9. The minimum absolute atomic E-state index is 0.175. The summed E-state index contributed by atoms with van der Waals surface area (Å²) < 4.78 is 29.6. The number of rotatable bonds is 7. The Balaban J connectivity index is 1.76. The Morgan fingerprint density at radius 3 is 2.48 bits per heavy atom. The van der Waals surface area contributed by atoms with Gasteiger partial charge >= 0.3 is 0 Å². The first kappa shape index (κ1) is 19.7. The number of hydrogen-bond donors (Lipinski definition) is 0. The topological polar surface area (TPSA) is 68.1 Å². The van der Waals surface area contributed by atoms with Crippen molar-refractivity contribution in [2.24, 2.45) is 0 Å². The van der Waals surface area contributed by atoms with E-state index in [0.29, 0.717) is 23.3 Å². The molecule has 0 aliphatic rings. The first-order chi connectivity index (χ1) is 12.9. The van der Waals surface area contributed by atoms with E-state index >= 15 is 0 Å². The lowest BCUT2D eigenvalue weighted by atomic mass is 10.1. The summed E-state index contributed by atoms with van der Waals surface area (Å²) >= 11 is 3.32. The van der Waals surface area contributed by atoms with Crippen molar-refractivity contribution in [3.05, 3.63) is 76.0 Å². The van der Waals surface area contributed by atoms with Crippen LogP contribution in [0.2, 0.25) is 0 Å². The Kier molecular flexibility index (Phi) is 6.08. The standard InChI is InChI=1S/C19H21BrN4O2S/c1-3-24(27(25,26)19-7-5-4-6-18(19)20)14-17-13-23(22-21-17)12-16-10-8-15(2)9-11-16/h4-11,13H,3,12,14H2,1-2H3. The van der Waals surface area contributed by atoms with Crippen molar-refractivity contribution in [2.75, 3.05) is 6.54 Å². The average Bonchev–Trinajstić information content (AvgIpc) is 3.09. The summed E-state index contributed by atoms with van der Waals surface area (Å²) in [5.74, 6) is 0. The van der Waals surface area contributed by atoms with E-state index in [1.807, 2.05) is 26.0 Å². The van der Waals surface area contributed by atoms with Crippen LogP contribution in [0.25, 0.3) is 0 Å². The van der Waals surface area contributed by atoms with E-state index in [1.54, 1.807) is 35.1 Å². The highest BCUT2D eigenvalue weighted by atomic mass is 79.9. The summed E-state index contributed by atoms with van der Waals surface area (Å²) in [5, 5.41) is 8.27. The summed E-state index contributed by atoms with van der Waals surface area (Å²) in [6.07, 6.45) is 1.79. The van der Waals surface area contributed by atoms with Gasteiger partial charge in [-0.15, -0.1) is 5.10 Å². The molecule has 0 fully saturated rings. The van der Waals surface area contributed by atoms with E-state index in [2.05, 4.69) is 38.4 Å². The molecule has 2 aromatic carbocycles. The lowest BCUT2D eigenvalue weighted by molar-refractivity contribution is 0.418. The van der Waals surface area contributed by atoms with Gasteiger partial charge in [0.15, 0.2) is 0 Å². The van der Waals surface area contributed by atoms with Crippen LogP contribution in [0.3, 0.4) is 0 Å². The van der Waals surface area contributed by atoms with Crippen molar-refractivity contribution in [1.82, 2.24) is 19.3 Å². The molecule has 0 saturated heterocycles. The SMILES string of the molecule is CCN(Cc1cn(Cc2ccc(C)cc2)nn1)S(=O)(=O)c1ccccc1Br. The van der Waals surface area contributed by atoms with E-state index in [4.69, 9.17) is 0 Å². The largest absolute Gasteiger partial charge is 0.248 e. The molecule has 0 spiro atoms. The first-order valence-corrected chi connectivity index (χ1v) is 10.8. The Morgan fingerprint density at radius 2 is 1.81 bits per heavy atom. The van der Waals surface area contributed by atoms with Crippen LogP contribution < -0.4 is 0 Å². The van der Waals surface area contributed by atoms with Crippen molar-refractivity contribution in [1.29, 1.82) is 0 Å². The van der Waals surface area contributed by atoms with Crippen LogP contribution in [-0.4, -0.2) is 34.3 Å². The average molecular weight is 449 g/mol. The second-order valence-electron chi connectivity index (χ2n) is 6.25. The van der Waals surface area contributed by atoms with Gasteiger partial charge in [-0.05, 0) is 40.5 Å². The molecule has 0 radical (unpaired) electrons. The van der Waals surface area contributed by atoms with E-state index in [9.17, 15) is 8.42 Å². The van der Waals surface area contributed by atoms with E-state index < -0.39 is 10.0 Å². The van der Waals surface area contributed by atoms with Gasteiger partial charge in [0.05, 0.1) is 29.9 Å². The Labute approximate surface area is 168 Å². The second kappa shape index (κ2) is 8.33. The molecule has 0 saturated carbocycles. The Bertz CT molecular complexity index is 1020. The molecule has 1 heterocycles. The predicted octanol–water partition coefficient (Wildman–Crippen LogP) is 3.61. The molecule has 1 aromatic heterocycles. The van der Waals surface area contributed by atoms with Crippen LogP contribution in [0.5, 0.6) is 0 Å².